The average molecular weight is 771 g/mol. The minimum Gasteiger partial charge on any atom is -0.461 e. The van der Waals surface area contributed by atoms with Gasteiger partial charge < -0.3 is 24.1 Å². The number of fused-ring (bicyclic) bond motifs is 3. The Hall–Kier alpha value is -4.48. The highest BCUT2D eigenvalue weighted by Crippen LogP contribution is 2.41. The SMILES string of the molecule is [C-]#[N+]C[C@H]1CN(c2nc(OC[C@@]34CCCN3C[C@H](F)C4)nc3c(F)c(-c4cccc5cccc(Cl)c45)ncc23)CCN1C(=O)/C=C/CN1CC[C@@H](OCC)C1. The lowest BCUT2D eigenvalue weighted by atomic mass is 9.95. The van der Waals surface area contributed by atoms with E-state index in [1.807, 2.05) is 42.2 Å². The zero-order chi connectivity index (χ0) is 38.1. The van der Waals surface area contributed by atoms with Crippen LogP contribution in [0.3, 0.4) is 0 Å². The lowest BCUT2D eigenvalue weighted by Crippen LogP contribution is -2.56. The summed E-state index contributed by atoms with van der Waals surface area (Å²) in [7, 11) is 0. The van der Waals surface area contributed by atoms with Gasteiger partial charge in [0.15, 0.2) is 5.82 Å². The number of nitrogens with zero attached hydrogens (tertiary/aromatic N) is 8. The van der Waals surface area contributed by atoms with E-state index in [2.05, 4.69) is 24.6 Å². The molecule has 4 atom stereocenters. The van der Waals surface area contributed by atoms with Gasteiger partial charge in [-0.15, -0.1) is 0 Å². The minimum absolute atomic E-state index is 0.0188. The highest BCUT2D eigenvalue weighted by Gasteiger charge is 2.49. The highest BCUT2D eigenvalue weighted by molar-refractivity contribution is 6.36. The van der Waals surface area contributed by atoms with Crippen molar-refractivity contribution in [3.05, 3.63) is 77.0 Å². The van der Waals surface area contributed by atoms with Gasteiger partial charge in [-0.1, -0.05) is 48.0 Å². The average Bonchev–Trinajstić information content (AvgIpc) is 3.88. The summed E-state index contributed by atoms with van der Waals surface area (Å²) in [4.78, 5) is 39.4. The molecule has 4 aromatic rings. The number of carbonyl (C=O) groups is 1. The van der Waals surface area contributed by atoms with Crippen molar-refractivity contribution in [3.8, 4) is 17.3 Å². The molecular weight excluding hydrogens is 726 g/mol. The second kappa shape index (κ2) is 15.9. The number of piperazine rings is 1. The van der Waals surface area contributed by atoms with Gasteiger partial charge in [0.1, 0.15) is 35.8 Å². The third-order valence-electron chi connectivity index (χ3n) is 11.6. The van der Waals surface area contributed by atoms with E-state index in [0.29, 0.717) is 72.9 Å². The molecule has 4 fully saturated rings. The van der Waals surface area contributed by atoms with Gasteiger partial charge in [0, 0.05) is 87.1 Å². The maximum atomic E-state index is 17.0. The lowest BCUT2D eigenvalue weighted by Gasteiger charge is -2.39. The molecule has 4 saturated heterocycles. The van der Waals surface area contributed by atoms with Crippen LogP contribution in [-0.2, 0) is 9.53 Å². The van der Waals surface area contributed by atoms with E-state index in [0.717, 1.165) is 44.3 Å². The molecular formula is C41H45ClF2N8O3. The van der Waals surface area contributed by atoms with Crippen LogP contribution in [0, 0.1) is 12.4 Å². The Bertz CT molecular complexity index is 2150. The number of halogens is 3. The molecule has 6 heterocycles. The number of benzene rings is 2. The molecule has 288 valence electrons. The van der Waals surface area contributed by atoms with Gasteiger partial charge in [0.05, 0.1) is 17.0 Å². The van der Waals surface area contributed by atoms with E-state index in [9.17, 15) is 9.18 Å². The number of pyridine rings is 1. The van der Waals surface area contributed by atoms with Crippen molar-refractivity contribution in [2.75, 3.05) is 77.0 Å². The van der Waals surface area contributed by atoms with Crippen molar-refractivity contribution in [1.29, 1.82) is 0 Å². The monoisotopic (exact) mass is 770 g/mol. The highest BCUT2D eigenvalue weighted by atomic mass is 35.5. The first kappa shape index (κ1) is 37.4. The number of rotatable bonds is 11. The summed E-state index contributed by atoms with van der Waals surface area (Å²) in [5, 5.41) is 2.38. The largest absolute Gasteiger partial charge is 0.461 e. The van der Waals surface area contributed by atoms with E-state index in [-0.39, 0.29) is 42.4 Å². The van der Waals surface area contributed by atoms with E-state index in [1.54, 1.807) is 29.3 Å². The van der Waals surface area contributed by atoms with Gasteiger partial charge in [-0.05, 0) is 44.2 Å². The second-order valence-corrected chi connectivity index (χ2v) is 15.4. The topological polar surface area (TPSA) is 91.5 Å². The predicted octanol–water partition coefficient (Wildman–Crippen LogP) is 6.20. The molecule has 8 rings (SSSR count). The quantitative estimate of drug-likeness (QED) is 0.131. The van der Waals surface area contributed by atoms with Crippen molar-refractivity contribution < 1.29 is 23.0 Å². The molecule has 0 aliphatic carbocycles. The smallest absolute Gasteiger partial charge is 0.319 e. The first-order chi connectivity index (χ1) is 26.8. The number of alkyl halides is 1. The van der Waals surface area contributed by atoms with Crippen LogP contribution in [0.15, 0.2) is 54.7 Å². The van der Waals surface area contributed by atoms with E-state index in [1.165, 1.54) is 0 Å². The summed E-state index contributed by atoms with van der Waals surface area (Å²) in [6, 6.07) is 10.6. The van der Waals surface area contributed by atoms with Crippen molar-refractivity contribution >= 4 is 45.0 Å². The molecule has 0 saturated carbocycles. The standard InChI is InChI=1S/C41H45ClF2N8O3/c1-3-54-30-13-17-49(25-30)15-6-12-34(53)52-19-18-50(24-29(52)21-45-2)39-32-22-46-37(31-10-4-8-27-9-5-11-33(42)35(27)31)36(44)38(32)47-40(48-39)55-26-41-14-7-16-51(41)23-28(43)20-41/h4-6,8-12,22,28-30H,3,7,13-21,23-26H2,1H3/b12-6+/t28-,29+,30-,41+/m1/s1. The van der Waals surface area contributed by atoms with Crippen LogP contribution in [0.4, 0.5) is 14.6 Å². The molecule has 2 aromatic carbocycles. The summed E-state index contributed by atoms with van der Waals surface area (Å²) in [5.74, 6) is -0.398. The van der Waals surface area contributed by atoms with Gasteiger partial charge >= 0.3 is 6.01 Å². The lowest BCUT2D eigenvalue weighted by molar-refractivity contribution is -0.128. The summed E-state index contributed by atoms with van der Waals surface area (Å²) < 4.78 is 43.7. The summed E-state index contributed by atoms with van der Waals surface area (Å²) in [6.45, 7) is 15.3. The Morgan fingerprint density at radius 1 is 1.13 bits per heavy atom. The van der Waals surface area contributed by atoms with Gasteiger partial charge in [0.25, 0.3) is 0 Å². The molecule has 11 nitrogen and oxygen atoms in total. The van der Waals surface area contributed by atoms with Crippen molar-refractivity contribution in [2.45, 2.75) is 56.5 Å². The van der Waals surface area contributed by atoms with E-state index < -0.39 is 23.6 Å². The van der Waals surface area contributed by atoms with Crippen LogP contribution in [-0.4, -0.2) is 132 Å². The molecule has 14 heteroatoms. The molecule has 0 radical (unpaired) electrons. The Morgan fingerprint density at radius 2 is 1.98 bits per heavy atom. The molecule has 0 spiro atoms. The number of likely N-dealkylation sites (tertiary alicyclic amines) is 1. The number of anilines is 1. The molecule has 0 unspecified atom stereocenters. The minimum atomic E-state index is -0.934. The fourth-order valence-corrected chi connectivity index (χ4v) is 9.27. The number of hydrogen-bond donors (Lipinski definition) is 0. The third kappa shape index (κ3) is 7.45. The maximum absolute atomic E-state index is 17.0. The van der Waals surface area contributed by atoms with E-state index in [4.69, 9.17) is 32.6 Å². The first-order valence-electron chi connectivity index (χ1n) is 19.2. The number of aromatic nitrogens is 3. The molecule has 4 aliphatic rings. The normalized spacial score (nSPS) is 24.7. The second-order valence-electron chi connectivity index (χ2n) is 15.0. The molecule has 55 heavy (non-hydrogen) atoms. The van der Waals surface area contributed by atoms with Gasteiger partial charge in [0.2, 0.25) is 12.5 Å². The van der Waals surface area contributed by atoms with Crippen LogP contribution >= 0.6 is 11.6 Å². The van der Waals surface area contributed by atoms with Crippen molar-refractivity contribution in [1.82, 2.24) is 29.7 Å². The molecule has 4 aliphatic heterocycles. The van der Waals surface area contributed by atoms with Crippen molar-refractivity contribution in [2.24, 2.45) is 0 Å². The zero-order valence-electron chi connectivity index (χ0n) is 31.0. The van der Waals surface area contributed by atoms with Crippen LogP contribution in [0.5, 0.6) is 6.01 Å². The van der Waals surface area contributed by atoms with Crippen LogP contribution < -0.4 is 9.64 Å². The predicted molar refractivity (Wildman–Crippen MR) is 209 cm³/mol. The summed E-state index contributed by atoms with van der Waals surface area (Å²) in [5.41, 5.74) is 0.191. The van der Waals surface area contributed by atoms with Crippen molar-refractivity contribution in [3.63, 3.8) is 0 Å². The molecule has 2 aromatic heterocycles. The van der Waals surface area contributed by atoms with Gasteiger partial charge in [-0.25, -0.2) is 15.4 Å². The number of ether oxygens (including phenoxy) is 2. The molecule has 0 bridgehead atoms. The van der Waals surface area contributed by atoms with Gasteiger partial charge in [-0.3, -0.25) is 19.6 Å². The van der Waals surface area contributed by atoms with Gasteiger partial charge in [-0.2, -0.15) is 9.97 Å². The number of hydrogen-bond acceptors (Lipinski definition) is 9. The Labute approximate surface area is 324 Å². The Kier molecular flexibility index (Phi) is 10.9. The Balaban J connectivity index is 1.10. The zero-order valence-corrected chi connectivity index (χ0v) is 31.7. The molecule has 1 amide bonds. The number of amides is 1. The van der Waals surface area contributed by atoms with Crippen LogP contribution in [0.1, 0.15) is 32.6 Å². The first-order valence-corrected chi connectivity index (χ1v) is 19.6. The Morgan fingerprint density at radius 3 is 2.82 bits per heavy atom. The van der Waals surface area contributed by atoms with Crippen LogP contribution in [0.2, 0.25) is 5.02 Å². The maximum Gasteiger partial charge on any atom is 0.319 e. The fraction of sp³-hybridized carbons (Fsp3) is 0.488. The fourth-order valence-electron chi connectivity index (χ4n) is 8.99. The third-order valence-corrected chi connectivity index (χ3v) is 11.9. The number of carbonyl (C=O) groups excluding carboxylic acids is 1. The summed E-state index contributed by atoms with van der Waals surface area (Å²) >= 11 is 6.65. The summed E-state index contributed by atoms with van der Waals surface area (Å²) in [6.07, 6.45) is 7.44. The molecule has 0 N–H and O–H groups in total. The van der Waals surface area contributed by atoms with E-state index >= 15 is 4.39 Å². The van der Waals surface area contributed by atoms with Crippen LogP contribution in [0.25, 0.3) is 37.8 Å².